The molecular weight excluding hydrogens is 534 g/mol. The molecule has 0 fully saturated rings. The number of anilines is 3. The number of furan rings is 1. The van der Waals surface area contributed by atoms with E-state index >= 15 is 0 Å². The van der Waals surface area contributed by atoms with Crippen molar-refractivity contribution < 1.29 is 4.42 Å². The molecule has 0 saturated carbocycles. The number of benzene rings is 7. The second-order valence-electron chi connectivity index (χ2n) is 11.0. The first-order valence-corrected chi connectivity index (χ1v) is 14.9. The summed E-state index contributed by atoms with van der Waals surface area (Å²) in [6.45, 7) is 0. The molecule has 0 unspecified atom stereocenters. The molecule has 0 N–H and O–H groups in total. The fourth-order valence-electron chi connectivity index (χ4n) is 6.14. The summed E-state index contributed by atoms with van der Waals surface area (Å²) < 4.78 is 6.64. The van der Waals surface area contributed by atoms with Gasteiger partial charge in [0.05, 0.1) is 0 Å². The van der Waals surface area contributed by atoms with Crippen molar-refractivity contribution in [2.45, 2.75) is 0 Å². The van der Waals surface area contributed by atoms with Crippen LogP contribution >= 0.6 is 0 Å². The third kappa shape index (κ3) is 4.63. The van der Waals surface area contributed by atoms with Gasteiger partial charge in [-0.3, -0.25) is 0 Å². The Labute approximate surface area is 257 Å². The Morgan fingerprint density at radius 1 is 0.295 bits per heavy atom. The van der Waals surface area contributed by atoms with Gasteiger partial charge in [-0.1, -0.05) is 140 Å². The lowest BCUT2D eigenvalue weighted by Gasteiger charge is -2.25. The van der Waals surface area contributed by atoms with Gasteiger partial charge >= 0.3 is 0 Å². The van der Waals surface area contributed by atoms with Crippen molar-refractivity contribution in [1.29, 1.82) is 0 Å². The van der Waals surface area contributed by atoms with E-state index in [0.29, 0.717) is 0 Å². The van der Waals surface area contributed by atoms with E-state index in [1.165, 1.54) is 11.1 Å². The predicted molar refractivity (Wildman–Crippen MR) is 185 cm³/mol. The van der Waals surface area contributed by atoms with E-state index in [2.05, 4.69) is 175 Å². The van der Waals surface area contributed by atoms with Crippen LogP contribution in [0.3, 0.4) is 0 Å². The van der Waals surface area contributed by atoms with E-state index in [4.69, 9.17) is 4.42 Å². The van der Waals surface area contributed by atoms with Crippen LogP contribution in [0.15, 0.2) is 180 Å². The molecule has 0 aliphatic rings. The van der Waals surface area contributed by atoms with Crippen molar-refractivity contribution >= 4 is 39.0 Å². The van der Waals surface area contributed by atoms with Gasteiger partial charge in [0.2, 0.25) is 0 Å². The standard InChI is InChI=1S/C42H29NO/c1-4-12-32(13-5-1)37-18-10-20-39-40-21-11-19-38(42(40)44-41(37)39)33-24-22-30(23-25-33)31-26-28-36(29-27-31)43(34-14-6-2-7-15-34)35-16-8-3-9-17-35/h1-29H. The van der Waals surface area contributed by atoms with E-state index in [0.717, 1.165) is 61.3 Å². The molecule has 1 heterocycles. The molecule has 0 aliphatic carbocycles. The zero-order chi connectivity index (χ0) is 29.3. The summed E-state index contributed by atoms with van der Waals surface area (Å²) in [5.74, 6) is 0. The highest BCUT2D eigenvalue weighted by Crippen LogP contribution is 2.40. The fraction of sp³-hybridized carbons (Fsp3) is 0. The molecule has 44 heavy (non-hydrogen) atoms. The molecule has 0 spiro atoms. The van der Waals surface area contributed by atoms with E-state index < -0.39 is 0 Å². The second-order valence-corrected chi connectivity index (χ2v) is 11.0. The van der Waals surface area contributed by atoms with E-state index in [1.54, 1.807) is 0 Å². The van der Waals surface area contributed by atoms with Gasteiger partial charge in [-0.05, 0) is 58.7 Å². The normalized spacial score (nSPS) is 11.2. The zero-order valence-electron chi connectivity index (χ0n) is 24.1. The predicted octanol–water partition coefficient (Wildman–Crippen LogP) is 12.1. The van der Waals surface area contributed by atoms with Crippen LogP contribution in [-0.4, -0.2) is 0 Å². The Kier molecular flexibility index (Phi) is 6.51. The summed E-state index contributed by atoms with van der Waals surface area (Å²) in [5, 5.41) is 2.27. The SMILES string of the molecule is c1ccc(-c2cccc3c2oc2c(-c4ccc(-c5ccc(N(c6ccccc6)c6ccccc6)cc5)cc4)cccc23)cc1. The molecule has 208 valence electrons. The summed E-state index contributed by atoms with van der Waals surface area (Å²) in [6.07, 6.45) is 0. The van der Waals surface area contributed by atoms with Crippen molar-refractivity contribution in [1.82, 2.24) is 0 Å². The fourth-order valence-corrected chi connectivity index (χ4v) is 6.14. The third-order valence-corrected chi connectivity index (χ3v) is 8.29. The first-order chi connectivity index (χ1) is 21.8. The summed E-state index contributed by atoms with van der Waals surface area (Å²) in [6, 6.07) is 61.9. The van der Waals surface area contributed by atoms with Crippen LogP contribution in [-0.2, 0) is 0 Å². The lowest BCUT2D eigenvalue weighted by Crippen LogP contribution is -2.09. The molecule has 0 bridgehead atoms. The number of fused-ring (bicyclic) bond motifs is 3. The Balaban J connectivity index is 1.13. The summed E-state index contributed by atoms with van der Waals surface area (Å²) in [7, 11) is 0. The highest BCUT2D eigenvalue weighted by molar-refractivity contribution is 6.13. The van der Waals surface area contributed by atoms with Crippen LogP contribution in [0.2, 0.25) is 0 Å². The summed E-state index contributed by atoms with van der Waals surface area (Å²) in [5.41, 5.74) is 12.1. The minimum atomic E-state index is 0.921. The molecule has 1 aromatic heterocycles. The van der Waals surface area contributed by atoms with Crippen LogP contribution in [0.1, 0.15) is 0 Å². The number of rotatable bonds is 6. The Morgan fingerprint density at radius 3 is 1.18 bits per heavy atom. The van der Waals surface area contributed by atoms with Gasteiger partial charge in [0.25, 0.3) is 0 Å². The molecular formula is C42H29NO. The van der Waals surface area contributed by atoms with E-state index in [-0.39, 0.29) is 0 Å². The lowest BCUT2D eigenvalue weighted by molar-refractivity contribution is 0.671. The third-order valence-electron chi connectivity index (χ3n) is 8.29. The van der Waals surface area contributed by atoms with Crippen molar-refractivity contribution in [2.75, 3.05) is 4.90 Å². The number of hydrogen-bond acceptors (Lipinski definition) is 2. The molecule has 8 rings (SSSR count). The van der Waals surface area contributed by atoms with Crippen LogP contribution in [0.5, 0.6) is 0 Å². The van der Waals surface area contributed by atoms with Gasteiger partial charge in [0, 0.05) is 39.0 Å². The van der Waals surface area contributed by atoms with Crippen LogP contribution in [0.25, 0.3) is 55.3 Å². The number of para-hydroxylation sites is 4. The quantitative estimate of drug-likeness (QED) is 0.200. The number of nitrogens with zero attached hydrogens (tertiary/aromatic N) is 1. The van der Waals surface area contributed by atoms with Crippen molar-refractivity contribution in [3.63, 3.8) is 0 Å². The Morgan fingerprint density at radius 2 is 0.682 bits per heavy atom. The molecule has 7 aromatic carbocycles. The Bertz CT molecular complexity index is 2140. The average Bonchev–Trinajstić information content (AvgIpc) is 3.50. The van der Waals surface area contributed by atoms with Gasteiger partial charge in [0.1, 0.15) is 11.2 Å². The number of hydrogen-bond donors (Lipinski definition) is 0. The molecule has 0 aliphatic heterocycles. The largest absolute Gasteiger partial charge is 0.455 e. The molecule has 8 aromatic rings. The lowest BCUT2D eigenvalue weighted by atomic mass is 9.98. The second kappa shape index (κ2) is 11.1. The molecule has 0 amide bonds. The summed E-state index contributed by atoms with van der Waals surface area (Å²) >= 11 is 0. The summed E-state index contributed by atoms with van der Waals surface area (Å²) in [4.78, 5) is 2.28. The van der Waals surface area contributed by atoms with Gasteiger partial charge < -0.3 is 9.32 Å². The first-order valence-electron chi connectivity index (χ1n) is 14.9. The van der Waals surface area contributed by atoms with Gasteiger partial charge in [-0.15, -0.1) is 0 Å². The van der Waals surface area contributed by atoms with Crippen LogP contribution < -0.4 is 4.90 Å². The van der Waals surface area contributed by atoms with Gasteiger partial charge in [0.15, 0.2) is 0 Å². The maximum Gasteiger partial charge on any atom is 0.143 e. The van der Waals surface area contributed by atoms with Gasteiger partial charge in [-0.2, -0.15) is 0 Å². The van der Waals surface area contributed by atoms with E-state index in [1.807, 2.05) is 6.07 Å². The van der Waals surface area contributed by atoms with Gasteiger partial charge in [-0.25, -0.2) is 0 Å². The highest BCUT2D eigenvalue weighted by Gasteiger charge is 2.16. The van der Waals surface area contributed by atoms with Crippen molar-refractivity contribution in [3.8, 4) is 33.4 Å². The minimum absolute atomic E-state index is 0.921. The molecule has 0 radical (unpaired) electrons. The average molecular weight is 564 g/mol. The zero-order valence-corrected chi connectivity index (χ0v) is 24.1. The maximum absolute atomic E-state index is 6.64. The first kappa shape index (κ1) is 25.8. The van der Waals surface area contributed by atoms with Crippen molar-refractivity contribution in [3.05, 3.63) is 176 Å². The molecule has 2 heteroatoms. The highest BCUT2D eigenvalue weighted by atomic mass is 16.3. The maximum atomic E-state index is 6.64. The van der Waals surface area contributed by atoms with Crippen LogP contribution in [0.4, 0.5) is 17.1 Å². The topological polar surface area (TPSA) is 16.4 Å². The molecule has 0 atom stereocenters. The van der Waals surface area contributed by atoms with Crippen molar-refractivity contribution in [2.24, 2.45) is 0 Å². The Hall–Kier alpha value is -5.86. The minimum Gasteiger partial charge on any atom is -0.455 e. The van der Waals surface area contributed by atoms with E-state index in [9.17, 15) is 0 Å². The molecule has 0 saturated heterocycles. The molecule has 2 nitrogen and oxygen atoms in total. The monoisotopic (exact) mass is 563 g/mol. The smallest absolute Gasteiger partial charge is 0.143 e. The van der Waals surface area contributed by atoms with Crippen LogP contribution in [0, 0.1) is 0 Å².